The molecule has 262 valence electrons. The fraction of sp³-hybridized carbons (Fsp3) is 0.561. The van der Waals surface area contributed by atoms with Gasteiger partial charge in [-0.05, 0) is 110 Å². The van der Waals surface area contributed by atoms with Crippen molar-refractivity contribution in [3.8, 4) is 0 Å². The smallest absolute Gasteiger partial charge is 0.340 e. The van der Waals surface area contributed by atoms with Crippen molar-refractivity contribution in [1.29, 1.82) is 0 Å². The first-order chi connectivity index (χ1) is 24.2. The molecule has 2 bridgehead atoms. The van der Waals surface area contributed by atoms with Gasteiger partial charge in [0.2, 0.25) is 0 Å². The molecule has 6 aliphatic carbocycles. The highest BCUT2D eigenvalue weighted by molar-refractivity contribution is 6.13. The van der Waals surface area contributed by atoms with Gasteiger partial charge in [-0.3, -0.25) is 14.5 Å². The van der Waals surface area contributed by atoms with Gasteiger partial charge >= 0.3 is 11.9 Å². The molecule has 4 heterocycles. The van der Waals surface area contributed by atoms with Crippen LogP contribution in [0.25, 0.3) is 0 Å². The minimum absolute atomic E-state index is 0.0220. The van der Waals surface area contributed by atoms with E-state index in [1.165, 1.54) is 29.9 Å². The predicted molar refractivity (Wildman–Crippen MR) is 185 cm³/mol. The van der Waals surface area contributed by atoms with E-state index in [2.05, 4.69) is 37.4 Å². The third-order valence-electron chi connectivity index (χ3n) is 14.0. The summed E-state index contributed by atoms with van der Waals surface area (Å²) in [5.74, 6) is 0.210. The summed E-state index contributed by atoms with van der Waals surface area (Å²) >= 11 is 0. The SMILES string of the molecule is CCCC=C1OC(=O)C2=C(C3C4=CCNC(N)=C4CCC3N3C(=O)C=CC3=O)C3CCC12C1C2=C(CCC31)C(=CC1(CC)CCCC1)OC2=O. The maximum Gasteiger partial charge on any atom is 0.340 e. The maximum atomic E-state index is 14.5. The van der Waals surface area contributed by atoms with Gasteiger partial charge in [0, 0.05) is 41.7 Å². The zero-order valence-corrected chi connectivity index (χ0v) is 29.1. The van der Waals surface area contributed by atoms with Crippen LogP contribution in [0.3, 0.4) is 0 Å². The van der Waals surface area contributed by atoms with Gasteiger partial charge < -0.3 is 20.5 Å². The van der Waals surface area contributed by atoms with Gasteiger partial charge in [0.25, 0.3) is 11.8 Å². The summed E-state index contributed by atoms with van der Waals surface area (Å²) in [5.41, 5.74) is 11.3. The lowest BCUT2D eigenvalue weighted by Gasteiger charge is -2.58. The van der Waals surface area contributed by atoms with Crippen LogP contribution in [0.4, 0.5) is 0 Å². The number of ether oxygens (including phenoxy) is 2. The second-order valence-corrected chi connectivity index (χ2v) is 16.0. The first kappa shape index (κ1) is 31.8. The maximum absolute atomic E-state index is 14.5. The Hall–Kier alpha value is -4.14. The van der Waals surface area contributed by atoms with E-state index < -0.39 is 11.5 Å². The lowest BCUT2D eigenvalue weighted by Crippen LogP contribution is -2.56. The Morgan fingerprint density at radius 1 is 0.960 bits per heavy atom. The Kier molecular flexibility index (Phi) is 7.28. The summed E-state index contributed by atoms with van der Waals surface area (Å²) < 4.78 is 12.6. The molecule has 0 aromatic rings. The Bertz CT molecular complexity index is 1830. The quantitative estimate of drug-likeness (QED) is 0.256. The number of allylic oxidation sites excluding steroid dienone is 5. The Labute approximate surface area is 293 Å². The minimum Gasteiger partial charge on any atom is -0.427 e. The van der Waals surface area contributed by atoms with E-state index in [0.29, 0.717) is 43.0 Å². The first-order valence-electron chi connectivity index (χ1n) is 19.1. The largest absolute Gasteiger partial charge is 0.427 e. The van der Waals surface area contributed by atoms with E-state index in [0.717, 1.165) is 85.0 Å². The highest BCUT2D eigenvalue weighted by Gasteiger charge is 2.69. The molecular formula is C41H47N3O6. The molecule has 9 heteroatoms. The zero-order valence-electron chi connectivity index (χ0n) is 29.1. The molecule has 0 aromatic heterocycles. The highest BCUT2D eigenvalue weighted by atomic mass is 16.5. The molecule has 3 N–H and O–H groups in total. The molecule has 4 aliphatic heterocycles. The van der Waals surface area contributed by atoms with Crippen LogP contribution in [0, 0.1) is 34.5 Å². The second-order valence-electron chi connectivity index (χ2n) is 16.0. The Balaban J connectivity index is 1.26. The molecule has 10 aliphatic rings. The number of esters is 2. The van der Waals surface area contributed by atoms with Gasteiger partial charge in [-0.15, -0.1) is 0 Å². The van der Waals surface area contributed by atoms with Gasteiger partial charge in [-0.2, -0.15) is 0 Å². The third kappa shape index (κ3) is 4.24. The summed E-state index contributed by atoms with van der Waals surface area (Å²) in [7, 11) is 0. The van der Waals surface area contributed by atoms with Crippen LogP contribution in [0.2, 0.25) is 0 Å². The number of imide groups is 1. The molecule has 9 nitrogen and oxygen atoms in total. The van der Waals surface area contributed by atoms with Crippen LogP contribution in [0.1, 0.15) is 97.3 Å². The number of cyclic esters (lactones) is 2. The Morgan fingerprint density at radius 3 is 2.46 bits per heavy atom. The normalized spacial score (nSPS) is 37.0. The summed E-state index contributed by atoms with van der Waals surface area (Å²) in [6.45, 7) is 4.88. The average molecular weight is 678 g/mol. The lowest BCUT2D eigenvalue weighted by atomic mass is 9.43. The average Bonchev–Trinajstić information content (AvgIpc) is 3.88. The minimum atomic E-state index is -0.811. The van der Waals surface area contributed by atoms with Crippen LogP contribution in [-0.2, 0) is 28.7 Å². The molecule has 1 spiro atoms. The highest BCUT2D eigenvalue weighted by Crippen LogP contribution is 2.72. The topological polar surface area (TPSA) is 128 Å². The van der Waals surface area contributed by atoms with E-state index in [1.54, 1.807) is 0 Å². The summed E-state index contributed by atoms with van der Waals surface area (Å²) in [4.78, 5) is 56.8. The molecule has 0 radical (unpaired) electrons. The fourth-order valence-corrected chi connectivity index (χ4v) is 11.9. The van der Waals surface area contributed by atoms with Crippen molar-refractivity contribution in [1.82, 2.24) is 10.2 Å². The van der Waals surface area contributed by atoms with Gasteiger partial charge in [0.05, 0.1) is 22.9 Å². The van der Waals surface area contributed by atoms with Gasteiger partial charge in [0.1, 0.15) is 11.5 Å². The second kappa shape index (κ2) is 11.4. The van der Waals surface area contributed by atoms with Gasteiger partial charge in [0.15, 0.2) is 0 Å². The number of carbonyl (C=O) groups is 4. The number of nitrogens with one attached hydrogen (secondary N) is 1. The number of dihydropyridines is 1. The monoisotopic (exact) mass is 677 g/mol. The van der Waals surface area contributed by atoms with Crippen molar-refractivity contribution in [3.05, 3.63) is 81.2 Å². The molecule has 6 atom stereocenters. The summed E-state index contributed by atoms with van der Waals surface area (Å²) in [6.07, 6.45) is 20.8. The van der Waals surface area contributed by atoms with E-state index in [1.807, 2.05) is 0 Å². The van der Waals surface area contributed by atoms with E-state index in [4.69, 9.17) is 15.2 Å². The fourth-order valence-electron chi connectivity index (χ4n) is 11.9. The van der Waals surface area contributed by atoms with Crippen molar-refractivity contribution >= 4 is 23.8 Å². The molecule has 3 saturated carbocycles. The van der Waals surface area contributed by atoms with E-state index in [-0.39, 0.29) is 52.8 Å². The first-order valence-corrected chi connectivity index (χ1v) is 19.1. The molecule has 1 saturated heterocycles. The van der Waals surface area contributed by atoms with Crippen molar-refractivity contribution in [2.45, 2.75) is 103 Å². The number of rotatable bonds is 6. The number of fused-ring (bicyclic) bond motifs is 2. The number of carbonyl (C=O) groups excluding carboxylic acids is 4. The molecule has 50 heavy (non-hydrogen) atoms. The van der Waals surface area contributed by atoms with Crippen LogP contribution < -0.4 is 11.1 Å². The predicted octanol–water partition coefficient (Wildman–Crippen LogP) is 6.07. The molecule has 4 fully saturated rings. The van der Waals surface area contributed by atoms with Crippen molar-refractivity contribution in [2.24, 2.45) is 40.2 Å². The van der Waals surface area contributed by atoms with E-state index >= 15 is 0 Å². The third-order valence-corrected chi connectivity index (χ3v) is 14.0. The number of amides is 2. The standard InChI is InChI=1S/C41H47N3O6/c1-3-5-8-29-41-19-15-22(24-9-10-26-28(49-38(47)34(26)35(24)41)21-40(4-2)17-6-7-18-40)33(36(41)39(48)50-29)32-23-16-20-43-37(42)25(23)11-12-27(32)44-30(45)13-14-31(44)46/h8,13-14,16,21-22,24,27,32,35,43H,3-7,9-12,15,17-20,42H2,1-2H3. The summed E-state index contributed by atoms with van der Waals surface area (Å²) in [5, 5.41) is 3.28. The molecule has 2 amide bonds. The van der Waals surface area contributed by atoms with Crippen molar-refractivity contribution < 1.29 is 28.7 Å². The van der Waals surface area contributed by atoms with Crippen LogP contribution in [0.15, 0.2) is 81.2 Å². The zero-order chi connectivity index (χ0) is 34.5. The van der Waals surface area contributed by atoms with Crippen molar-refractivity contribution in [3.63, 3.8) is 0 Å². The number of nitrogens with two attached hydrogens (primary N) is 1. The molecule has 10 rings (SSSR count). The number of hydrogen-bond acceptors (Lipinski definition) is 8. The number of nitrogens with zero attached hydrogens (tertiary/aromatic N) is 1. The van der Waals surface area contributed by atoms with Crippen LogP contribution in [0.5, 0.6) is 0 Å². The summed E-state index contributed by atoms with van der Waals surface area (Å²) in [6, 6.07) is -0.458. The molecular weight excluding hydrogens is 630 g/mol. The van der Waals surface area contributed by atoms with Gasteiger partial charge in [-0.25, -0.2) is 9.59 Å². The molecule has 0 aromatic carbocycles. The van der Waals surface area contributed by atoms with Crippen LogP contribution >= 0.6 is 0 Å². The van der Waals surface area contributed by atoms with E-state index in [9.17, 15) is 19.2 Å². The lowest BCUT2D eigenvalue weighted by molar-refractivity contribution is -0.141. The van der Waals surface area contributed by atoms with Crippen molar-refractivity contribution in [2.75, 3.05) is 6.54 Å². The molecule has 6 unspecified atom stereocenters. The number of hydrogen-bond donors (Lipinski definition) is 2. The Morgan fingerprint density at radius 2 is 1.72 bits per heavy atom. The number of unbranched alkanes of at least 4 members (excludes halogenated alkanes) is 1. The van der Waals surface area contributed by atoms with Gasteiger partial charge in [-0.1, -0.05) is 39.2 Å². The van der Waals surface area contributed by atoms with Crippen LogP contribution in [-0.4, -0.2) is 41.2 Å².